The molecule has 1 aliphatic heterocycles. The Balaban J connectivity index is 1.96. The highest BCUT2D eigenvalue weighted by Crippen LogP contribution is 2.33. The number of rotatable bonds is 12. The Hall–Kier alpha value is -3.03. The number of carboxylic acid groups (broad SMARTS) is 1. The molecule has 1 N–H and O–H groups in total. The first kappa shape index (κ1) is 31.5. The Morgan fingerprint density at radius 3 is 2.20 bits per heavy atom. The van der Waals surface area contributed by atoms with Crippen molar-refractivity contribution in [3.8, 4) is 0 Å². The van der Waals surface area contributed by atoms with Gasteiger partial charge in [-0.3, -0.25) is 14.4 Å². The molecule has 2 fully saturated rings. The van der Waals surface area contributed by atoms with Crippen LogP contribution in [-0.2, 0) is 25.3 Å². The molecule has 0 radical (unpaired) electrons. The molecular weight excluding hydrogens is 537 g/mol. The molecule has 14 heteroatoms. The van der Waals surface area contributed by atoms with Gasteiger partial charge < -0.3 is 24.2 Å². The predicted molar refractivity (Wildman–Crippen MR) is 133 cm³/mol. The van der Waals surface area contributed by atoms with E-state index in [0.29, 0.717) is 32.7 Å². The zero-order valence-electron chi connectivity index (χ0n) is 22.8. The second kappa shape index (κ2) is 14.0. The second-order valence-corrected chi connectivity index (χ2v) is 10.4. The molecule has 0 bridgehead atoms. The van der Waals surface area contributed by atoms with Crippen LogP contribution in [0.1, 0.15) is 88.1 Å². The van der Waals surface area contributed by atoms with Crippen LogP contribution in [0.5, 0.6) is 0 Å². The minimum absolute atomic E-state index is 0.0710. The number of carboxylic acids is 1. The van der Waals surface area contributed by atoms with E-state index in [1.807, 2.05) is 0 Å². The second-order valence-electron chi connectivity index (χ2n) is 10.4. The molecule has 1 saturated heterocycles. The van der Waals surface area contributed by atoms with Crippen LogP contribution in [0, 0.1) is 11.8 Å². The molecule has 11 nitrogen and oxygen atoms in total. The summed E-state index contributed by atoms with van der Waals surface area (Å²) < 4.78 is 48.6. The smallest absolute Gasteiger partial charge is 0.471 e. The van der Waals surface area contributed by atoms with Crippen LogP contribution < -0.4 is 0 Å². The topological polar surface area (TPSA) is 143 Å². The van der Waals surface area contributed by atoms with E-state index in [1.54, 1.807) is 4.90 Å². The summed E-state index contributed by atoms with van der Waals surface area (Å²) in [7, 11) is 0. The van der Waals surface area contributed by atoms with Crippen LogP contribution >= 0.6 is 0 Å². The zero-order valence-corrected chi connectivity index (χ0v) is 22.8. The van der Waals surface area contributed by atoms with Crippen molar-refractivity contribution in [2.45, 2.75) is 89.9 Å². The average molecular weight is 575 g/mol. The fraction of sp³-hybridized carbons (Fsp3) is 0.769. The lowest BCUT2D eigenvalue weighted by Crippen LogP contribution is -2.56. The number of ketones is 1. The van der Waals surface area contributed by atoms with Gasteiger partial charge in [0.25, 0.3) is 0 Å². The number of hydrogen-bond acceptors (Lipinski definition) is 8. The first-order valence-electron chi connectivity index (χ1n) is 13.8. The number of nitrogens with zero attached hydrogens (tertiary/aromatic N) is 4. The predicted octanol–water partition coefficient (Wildman–Crippen LogP) is 3.58. The number of ether oxygens (including phenoxy) is 1. The van der Waals surface area contributed by atoms with Gasteiger partial charge in [-0.05, 0) is 25.2 Å². The lowest BCUT2D eigenvalue weighted by molar-refractivity contribution is -0.159. The zero-order chi connectivity index (χ0) is 29.4. The number of morpholine rings is 1. The molecule has 2 heterocycles. The van der Waals surface area contributed by atoms with E-state index in [4.69, 9.17) is 4.74 Å². The Morgan fingerprint density at radius 2 is 1.68 bits per heavy atom. The maximum absolute atomic E-state index is 14.2. The van der Waals surface area contributed by atoms with Crippen molar-refractivity contribution in [2.75, 3.05) is 26.3 Å². The van der Waals surface area contributed by atoms with Gasteiger partial charge in [0.05, 0.1) is 19.3 Å². The molecule has 3 rings (SSSR count). The third-order valence-corrected chi connectivity index (χ3v) is 7.65. The molecule has 1 aromatic heterocycles. The lowest BCUT2D eigenvalue weighted by atomic mass is 9.80. The van der Waals surface area contributed by atoms with E-state index in [-0.39, 0.29) is 31.1 Å². The molecule has 2 aliphatic rings. The molecule has 0 spiro atoms. The summed E-state index contributed by atoms with van der Waals surface area (Å²) in [6, 6.07) is -2.93. The van der Waals surface area contributed by atoms with Gasteiger partial charge in [-0.15, -0.1) is 0 Å². The third-order valence-electron chi connectivity index (χ3n) is 7.65. The summed E-state index contributed by atoms with van der Waals surface area (Å²) in [6.07, 6.45) is -0.238. The third kappa shape index (κ3) is 7.79. The molecule has 1 aliphatic carbocycles. The lowest BCUT2D eigenvalue weighted by Gasteiger charge is -2.38. The molecule has 1 unspecified atom stereocenters. The molecule has 1 aromatic rings. The summed E-state index contributed by atoms with van der Waals surface area (Å²) in [5, 5.41) is 13.2. The number of alkyl halides is 3. The maximum atomic E-state index is 14.2. The highest BCUT2D eigenvalue weighted by molar-refractivity contribution is 6.00. The van der Waals surface area contributed by atoms with Crippen LogP contribution in [0.2, 0.25) is 0 Å². The normalized spacial score (nSPS) is 19.1. The van der Waals surface area contributed by atoms with Crippen molar-refractivity contribution in [1.29, 1.82) is 0 Å². The summed E-state index contributed by atoms with van der Waals surface area (Å²) in [6.45, 7) is 4.52. The first-order valence-corrected chi connectivity index (χ1v) is 13.8. The Labute approximate surface area is 230 Å². The largest absolute Gasteiger partial charge is 0.480 e. The fourth-order valence-corrected chi connectivity index (χ4v) is 5.57. The Bertz CT molecular complexity index is 1040. The van der Waals surface area contributed by atoms with Gasteiger partial charge in [0, 0.05) is 25.4 Å². The minimum atomic E-state index is -4.99. The van der Waals surface area contributed by atoms with Crippen molar-refractivity contribution in [3.05, 3.63) is 11.7 Å². The Kier molecular flexibility index (Phi) is 11.1. The van der Waals surface area contributed by atoms with Crippen molar-refractivity contribution >= 4 is 23.6 Å². The van der Waals surface area contributed by atoms with Crippen molar-refractivity contribution < 1.29 is 46.7 Å². The van der Waals surface area contributed by atoms with E-state index in [9.17, 15) is 37.5 Å². The van der Waals surface area contributed by atoms with E-state index in [2.05, 4.69) is 14.7 Å². The van der Waals surface area contributed by atoms with Crippen LogP contribution in [-0.4, -0.2) is 87.0 Å². The van der Waals surface area contributed by atoms with Gasteiger partial charge in [0.1, 0.15) is 6.04 Å². The van der Waals surface area contributed by atoms with Crippen molar-refractivity contribution in [2.24, 2.45) is 11.8 Å². The van der Waals surface area contributed by atoms with E-state index in [0.717, 1.165) is 37.0 Å². The fourth-order valence-electron chi connectivity index (χ4n) is 5.57. The summed E-state index contributed by atoms with van der Waals surface area (Å²) in [4.78, 5) is 58.8. The van der Waals surface area contributed by atoms with Gasteiger partial charge in [0.15, 0.2) is 0 Å². The molecular formula is C26H37F3N4O7. The number of carbonyl (C=O) groups excluding carboxylic acids is 3. The van der Waals surface area contributed by atoms with Crippen LogP contribution in [0.15, 0.2) is 4.52 Å². The SMILES string of the molecule is CC[C@H](C(=O)O)N(C(=O)C(CC(=O)N1CCOCC1)CC1CCCCC1)[C@@H](CC)C(=O)c1noc(C(F)(F)F)n1. The number of halogens is 3. The molecule has 3 atom stereocenters. The number of amides is 2. The first-order chi connectivity index (χ1) is 19.0. The van der Waals surface area contributed by atoms with Gasteiger partial charge in [0.2, 0.25) is 23.4 Å². The van der Waals surface area contributed by atoms with Crippen molar-refractivity contribution in [1.82, 2.24) is 19.9 Å². The van der Waals surface area contributed by atoms with Gasteiger partial charge in [-0.25, -0.2) is 4.79 Å². The van der Waals surface area contributed by atoms with Gasteiger partial charge in [-0.1, -0.05) is 51.1 Å². The standard InChI is InChI=1S/C26H37F3N4O7/c1-3-18(21(35)22-30-25(40-31-22)26(27,28)29)33(19(4-2)24(37)38)23(36)17(14-16-8-6-5-7-9-16)15-20(34)32-10-12-39-13-11-32/h16-19H,3-15H2,1-2H3,(H,37,38)/t17?,18-,19+/m0/s1. The van der Waals surface area contributed by atoms with E-state index < -0.39 is 53.6 Å². The molecule has 1 saturated carbocycles. The summed E-state index contributed by atoms with van der Waals surface area (Å²) >= 11 is 0. The summed E-state index contributed by atoms with van der Waals surface area (Å²) in [5.74, 6) is -6.79. The van der Waals surface area contributed by atoms with Crippen LogP contribution in [0.4, 0.5) is 13.2 Å². The maximum Gasteiger partial charge on any atom is 0.471 e. The number of aromatic nitrogens is 2. The van der Waals surface area contributed by atoms with E-state index >= 15 is 0 Å². The summed E-state index contributed by atoms with van der Waals surface area (Å²) in [5.41, 5.74) is 0. The highest BCUT2D eigenvalue weighted by atomic mass is 19.4. The van der Waals surface area contributed by atoms with E-state index in [1.165, 1.54) is 13.8 Å². The molecule has 40 heavy (non-hydrogen) atoms. The average Bonchev–Trinajstić information content (AvgIpc) is 3.44. The van der Waals surface area contributed by atoms with Crippen LogP contribution in [0.25, 0.3) is 0 Å². The monoisotopic (exact) mass is 574 g/mol. The quantitative estimate of drug-likeness (QED) is 0.371. The number of Topliss-reactive ketones (excluding diaryl/α,β-unsaturated/α-hetero) is 1. The number of carbonyl (C=O) groups is 4. The molecule has 0 aromatic carbocycles. The molecule has 2 amide bonds. The van der Waals surface area contributed by atoms with Gasteiger partial charge in [-0.2, -0.15) is 18.2 Å². The van der Waals surface area contributed by atoms with Crippen molar-refractivity contribution in [3.63, 3.8) is 0 Å². The highest BCUT2D eigenvalue weighted by Gasteiger charge is 2.44. The van der Waals surface area contributed by atoms with Crippen LogP contribution in [0.3, 0.4) is 0 Å². The number of aliphatic carboxylic acids is 1. The molecule has 224 valence electrons. The number of hydrogen-bond donors (Lipinski definition) is 1. The Morgan fingerprint density at radius 1 is 1.05 bits per heavy atom. The van der Waals surface area contributed by atoms with Gasteiger partial charge >= 0.3 is 18.0 Å². The minimum Gasteiger partial charge on any atom is -0.480 e.